The lowest BCUT2D eigenvalue weighted by Gasteiger charge is -2.39. The van der Waals surface area contributed by atoms with Crippen LogP contribution >= 0.6 is 0 Å². The van der Waals surface area contributed by atoms with E-state index in [4.69, 9.17) is 19.4 Å². The molecule has 10 nitrogen and oxygen atoms in total. The third-order valence-electron chi connectivity index (χ3n) is 5.97. The fourth-order valence-corrected chi connectivity index (χ4v) is 4.62. The second kappa shape index (κ2) is 6.29. The molecule has 0 aromatic carbocycles. The number of aliphatic hydroxyl groups is 1. The molecular weight excluding hydrogens is 370 g/mol. The predicted molar refractivity (Wildman–Crippen MR) is 93.8 cm³/mol. The summed E-state index contributed by atoms with van der Waals surface area (Å²) < 4.78 is 11.6. The van der Waals surface area contributed by atoms with Crippen molar-refractivity contribution in [1.29, 1.82) is 0 Å². The molecule has 5 N–H and O–H groups in total. The lowest BCUT2D eigenvalue weighted by atomic mass is 9.83. The van der Waals surface area contributed by atoms with E-state index in [0.29, 0.717) is 23.4 Å². The first-order chi connectivity index (χ1) is 13.3. The average Bonchev–Trinajstić information content (AvgIpc) is 3.55. The van der Waals surface area contributed by atoms with Crippen LogP contribution in [-0.2, 0) is 19.1 Å². The molecule has 10 heteroatoms. The maximum absolute atomic E-state index is 13.1. The van der Waals surface area contributed by atoms with E-state index in [1.54, 1.807) is 14.0 Å². The summed E-state index contributed by atoms with van der Waals surface area (Å²) >= 11 is 0. The van der Waals surface area contributed by atoms with Crippen LogP contribution in [0.15, 0.2) is 22.6 Å². The second-order valence-corrected chi connectivity index (χ2v) is 7.58. The number of rotatable bonds is 4. The number of fused-ring (bicyclic) bond motifs is 4. The van der Waals surface area contributed by atoms with Crippen LogP contribution in [0.1, 0.15) is 19.8 Å². The zero-order chi connectivity index (χ0) is 20.4. The van der Waals surface area contributed by atoms with Crippen LogP contribution in [0.2, 0.25) is 0 Å². The minimum atomic E-state index is -1.33. The molecule has 28 heavy (non-hydrogen) atoms. The molecule has 0 spiro atoms. The molecule has 152 valence electrons. The Bertz CT molecular complexity index is 827. The van der Waals surface area contributed by atoms with Gasteiger partial charge in [0.15, 0.2) is 11.5 Å². The molecule has 0 radical (unpaired) electrons. The molecular formula is C18H23N3O7. The van der Waals surface area contributed by atoms with E-state index < -0.39 is 17.7 Å². The van der Waals surface area contributed by atoms with Crippen molar-refractivity contribution in [2.45, 2.75) is 43.7 Å². The number of nitrogens with zero attached hydrogens (tertiary/aromatic N) is 1. The van der Waals surface area contributed by atoms with Gasteiger partial charge in [0.05, 0.1) is 30.4 Å². The minimum Gasteiger partial charge on any atom is -0.486 e. The molecule has 5 rings (SSSR count). The number of allylic oxidation sites excluding steroid dienone is 2. The molecule has 5 aliphatic rings. The molecule has 3 heterocycles. The van der Waals surface area contributed by atoms with E-state index in [2.05, 4.69) is 11.1 Å². The van der Waals surface area contributed by atoms with Crippen molar-refractivity contribution in [2.24, 2.45) is 11.7 Å². The Morgan fingerprint density at radius 1 is 1.36 bits per heavy atom. The summed E-state index contributed by atoms with van der Waals surface area (Å²) in [6.07, 6.45) is 0.527. The summed E-state index contributed by atoms with van der Waals surface area (Å²) in [6.45, 7) is 2.01. The Balaban J connectivity index is 0.000000442. The van der Waals surface area contributed by atoms with Crippen LogP contribution < -0.4 is 11.1 Å². The maximum Gasteiger partial charge on any atom is 0.402 e. The Morgan fingerprint density at radius 2 is 2.00 bits per heavy atom. The fraction of sp³-hybridized carbons (Fsp3) is 0.611. The van der Waals surface area contributed by atoms with Crippen molar-refractivity contribution in [2.75, 3.05) is 20.3 Å². The highest BCUT2D eigenvalue weighted by Crippen LogP contribution is 2.55. The molecule has 4 unspecified atom stereocenters. The first-order valence-electron chi connectivity index (χ1n) is 9.17. The van der Waals surface area contributed by atoms with Crippen molar-refractivity contribution < 1.29 is 34.1 Å². The third-order valence-corrected chi connectivity index (χ3v) is 5.97. The third kappa shape index (κ3) is 2.48. The molecule has 0 bridgehead atoms. The van der Waals surface area contributed by atoms with Gasteiger partial charge >= 0.3 is 6.09 Å². The van der Waals surface area contributed by atoms with Gasteiger partial charge in [-0.15, -0.1) is 0 Å². The Kier molecular flexibility index (Phi) is 4.25. The summed E-state index contributed by atoms with van der Waals surface area (Å²) in [5, 5.41) is 20.6. The van der Waals surface area contributed by atoms with E-state index in [1.165, 1.54) is 0 Å². The van der Waals surface area contributed by atoms with Gasteiger partial charge in [-0.3, -0.25) is 9.59 Å². The van der Waals surface area contributed by atoms with Gasteiger partial charge in [-0.1, -0.05) is 0 Å². The number of methoxy groups -OCH3 is 1. The monoisotopic (exact) mass is 393 g/mol. The highest BCUT2D eigenvalue weighted by molar-refractivity contribution is 6.25. The highest BCUT2D eigenvalue weighted by Gasteiger charge is 2.72. The Hall–Kier alpha value is -2.43. The summed E-state index contributed by atoms with van der Waals surface area (Å²) in [5.74, 6) is -0.840. The van der Waals surface area contributed by atoms with E-state index >= 15 is 0 Å². The van der Waals surface area contributed by atoms with Crippen molar-refractivity contribution in [3.8, 4) is 0 Å². The quantitative estimate of drug-likeness (QED) is 0.350. The molecule has 0 aromatic heterocycles. The number of piperazine rings is 1. The van der Waals surface area contributed by atoms with E-state index in [0.717, 1.165) is 12.8 Å². The molecule has 2 saturated heterocycles. The summed E-state index contributed by atoms with van der Waals surface area (Å²) in [5.41, 5.74) is 4.29. The maximum atomic E-state index is 13.1. The van der Waals surface area contributed by atoms with Crippen LogP contribution in [-0.4, -0.2) is 76.9 Å². The number of amides is 1. The van der Waals surface area contributed by atoms with Gasteiger partial charge in [0.1, 0.15) is 0 Å². The van der Waals surface area contributed by atoms with Crippen LogP contribution in [0, 0.1) is 5.92 Å². The number of nitrogens with two attached hydrogens (primary N) is 1. The van der Waals surface area contributed by atoms with E-state index in [-0.39, 0.29) is 42.1 Å². The number of ether oxygens (including phenoxy) is 2. The topological polar surface area (TPSA) is 161 Å². The Morgan fingerprint density at radius 3 is 2.54 bits per heavy atom. The number of nitrogens with one attached hydrogen (secondary N) is 1. The fourth-order valence-electron chi connectivity index (χ4n) is 4.62. The number of hydrogen-bond donors (Lipinski definition) is 4. The number of hydrogen-bond acceptors (Lipinski definition) is 8. The number of carbonyl (C=O) groups is 3. The van der Waals surface area contributed by atoms with Gasteiger partial charge in [-0.25, -0.2) is 4.79 Å². The number of ketones is 2. The molecule has 3 aliphatic heterocycles. The van der Waals surface area contributed by atoms with E-state index in [9.17, 15) is 14.7 Å². The largest absolute Gasteiger partial charge is 0.486 e. The minimum absolute atomic E-state index is 0.0268. The number of carbonyl (C=O) groups excluding carboxylic acids is 2. The standard InChI is InChI=1S/C17H20N2O5.CH3NO2/c1-7-13(21)12-11(14(22)15(7)24-8-3-4-8)9(6-20)17(23-2)16-10(18-16)5-19(12)17;2-1(3)4/h8-10,16,18,20H,3-6H2,1-2H3;2H2,(H,3,4). The molecule has 3 fully saturated rings. The zero-order valence-corrected chi connectivity index (χ0v) is 15.6. The SMILES string of the molecule is COC12C(CO)C3=C(C(=O)C(C)=C(OC4CC4)C3=O)N1CC1NC12.NC(=O)O. The Labute approximate surface area is 160 Å². The van der Waals surface area contributed by atoms with Crippen LogP contribution in [0.25, 0.3) is 0 Å². The number of aliphatic hydroxyl groups excluding tert-OH is 1. The average molecular weight is 393 g/mol. The highest BCUT2D eigenvalue weighted by atomic mass is 16.5. The van der Waals surface area contributed by atoms with Crippen molar-refractivity contribution in [1.82, 2.24) is 10.2 Å². The molecule has 1 amide bonds. The lowest BCUT2D eigenvalue weighted by molar-refractivity contribution is -0.137. The van der Waals surface area contributed by atoms with Crippen molar-refractivity contribution >= 4 is 17.7 Å². The normalized spacial score (nSPS) is 35.2. The van der Waals surface area contributed by atoms with Gasteiger partial charge in [-0.2, -0.15) is 0 Å². The summed E-state index contributed by atoms with van der Waals surface area (Å²) in [6, 6.07) is 0.267. The van der Waals surface area contributed by atoms with Crippen molar-refractivity contribution in [3.05, 3.63) is 22.6 Å². The van der Waals surface area contributed by atoms with Gasteiger partial charge in [0.25, 0.3) is 0 Å². The summed E-state index contributed by atoms with van der Waals surface area (Å²) in [4.78, 5) is 36.8. The molecule has 4 atom stereocenters. The molecule has 1 saturated carbocycles. The van der Waals surface area contributed by atoms with Crippen LogP contribution in [0.5, 0.6) is 0 Å². The van der Waals surface area contributed by atoms with Gasteiger partial charge in [0, 0.05) is 30.8 Å². The first-order valence-corrected chi connectivity index (χ1v) is 9.17. The van der Waals surface area contributed by atoms with Gasteiger partial charge < -0.3 is 35.6 Å². The van der Waals surface area contributed by atoms with Gasteiger partial charge in [0.2, 0.25) is 11.6 Å². The number of carboxylic acid groups (broad SMARTS) is 1. The number of primary amides is 1. The molecule has 2 aliphatic carbocycles. The number of Topliss-reactive ketones (excluding diaryl/α,β-unsaturated/α-hetero) is 2. The van der Waals surface area contributed by atoms with Crippen molar-refractivity contribution in [3.63, 3.8) is 0 Å². The predicted octanol–water partition coefficient (Wildman–Crippen LogP) is -0.911. The second-order valence-electron chi connectivity index (χ2n) is 7.58. The summed E-state index contributed by atoms with van der Waals surface area (Å²) in [7, 11) is 1.58. The first kappa shape index (κ1) is 18.9. The lowest BCUT2D eigenvalue weighted by Crippen LogP contribution is -2.54. The van der Waals surface area contributed by atoms with Crippen LogP contribution in [0.4, 0.5) is 4.79 Å². The smallest absolute Gasteiger partial charge is 0.402 e. The zero-order valence-electron chi connectivity index (χ0n) is 15.6. The van der Waals surface area contributed by atoms with E-state index in [1.807, 2.05) is 4.90 Å². The van der Waals surface area contributed by atoms with Gasteiger partial charge in [-0.05, 0) is 19.8 Å². The van der Waals surface area contributed by atoms with Crippen LogP contribution in [0.3, 0.4) is 0 Å². The molecule has 0 aromatic rings.